The normalized spacial score (nSPS) is 20.2. The Bertz CT molecular complexity index is 919. The number of nitrogens with one attached hydrogen (secondary N) is 1. The first-order valence-electron chi connectivity index (χ1n) is 14.8. The number of rotatable bonds is 20. The van der Waals surface area contributed by atoms with Gasteiger partial charge in [0, 0.05) is 6.04 Å². The molecule has 41 heavy (non-hydrogen) atoms. The van der Waals surface area contributed by atoms with Crippen molar-refractivity contribution in [2.75, 3.05) is 19.8 Å². The first-order valence-corrected chi connectivity index (χ1v) is 14.8. The molecule has 232 valence electrons. The van der Waals surface area contributed by atoms with Gasteiger partial charge in [0.15, 0.2) is 0 Å². The molecule has 0 aromatic carbocycles. The Kier molecular flexibility index (Phi) is 17.3. The van der Waals surface area contributed by atoms with Gasteiger partial charge < -0.3 is 19.2 Å². The molecule has 1 aliphatic heterocycles. The number of hydrogen-bond donors (Lipinski definition) is 1. The van der Waals surface area contributed by atoms with Crippen LogP contribution in [0.25, 0.3) is 0 Å². The number of hydrogen-bond acceptors (Lipinski definition) is 9. The van der Waals surface area contributed by atoms with Gasteiger partial charge in [-0.2, -0.15) is 0 Å². The van der Waals surface area contributed by atoms with Crippen LogP contribution in [0.1, 0.15) is 86.0 Å². The van der Waals surface area contributed by atoms with Crippen LogP contribution < -0.4 is 5.32 Å². The summed E-state index contributed by atoms with van der Waals surface area (Å²) in [6.07, 6.45) is 12.2. The molecule has 0 radical (unpaired) electrons. The van der Waals surface area contributed by atoms with Crippen molar-refractivity contribution in [2.45, 2.75) is 110 Å². The van der Waals surface area contributed by atoms with Crippen LogP contribution in [0, 0.1) is 16.0 Å². The van der Waals surface area contributed by atoms with Gasteiger partial charge in [0.25, 0.3) is 5.09 Å². The first-order chi connectivity index (χ1) is 19.6. The van der Waals surface area contributed by atoms with Crippen LogP contribution in [0.15, 0.2) is 36.5 Å². The summed E-state index contributed by atoms with van der Waals surface area (Å²) in [5.74, 6) is -0.988. The van der Waals surface area contributed by atoms with Gasteiger partial charge in [-0.3, -0.25) is 14.9 Å². The number of likely N-dealkylation sites (tertiary alicyclic amines) is 1. The van der Waals surface area contributed by atoms with Gasteiger partial charge in [-0.05, 0) is 71.6 Å². The van der Waals surface area contributed by atoms with E-state index >= 15 is 0 Å². The van der Waals surface area contributed by atoms with Gasteiger partial charge in [0.2, 0.25) is 5.91 Å². The van der Waals surface area contributed by atoms with E-state index in [-0.39, 0.29) is 37.7 Å². The number of allylic oxidation sites excluding steroid dienone is 5. The van der Waals surface area contributed by atoms with E-state index in [1.165, 1.54) is 0 Å². The summed E-state index contributed by atoms with van der Waals surface area (Å²) in [6, 6.07) is -2.28. The highest BCUT2D eigenvalue weighted by molar-refractivity contribution is 5.89. The van der Waals surface area contributed by atoms with Crippen molar-refractivity contribution < 1.29 is 33.8 Å². The minimum atomic E-state index is -0.828. The molecule has 0 saturated carbocycles. The van der Waals surface area contributed by atoms with E-state index in [0.29, 0.717) is 44.9 Å². The van der Waals surface area contributed by atoms with Crippen LogP contribution in [-0.2, 0) is 28.7 Å². The van der Waals surface area contributed by atoms with E-state index in [0.717, 1.165) is 12.0 Å². The summed E-state index contributed by atoms with van der Waals surface area (Å²) >= 11 is 0. The van der Waals surface area contributed by atoms with Gasteiger partial charge in [0.1, 0.15) is 12.1 Å². The third-order valence-corrected chi connectivity index (χ3v) is 7.24. The average Bonchev–Trinajstić information content (AvgIpc) is 3.33. The molecule has 5 unspecified atom stereocenters. The molecule has 1 rings (SSSR count). The predicted octanol–water partition coefficient (Wildman–Crippen LogP) is 4.69. The molecule has 1 N–H and O–H groups in total. The zero-order valence-electron chi connectivity index (χ0n) is 25.3. The molecule has 1 aliphatic rings. The zero-order chi connectivity index (χ0) is 30.8. The first kappa shape index (κ1) is 35.8. The molecule has 0 aliphatic carbocycles. The van der Waals surface area contributed by atoms with Crippen molar-refractivity contribution in [1.29, 1.82) is 0 Å². The fourth-order valence-corrected chi connectivity index (χ4v) is 5.12. The van der Waals surface area contributed by atoms with Crippen molar-refractivity contribution in [3.63, 3.8) is 0 Å². The number of carbonyl (C=O) groups is 3. The number of esters is 2. The summed E-state index contributed by atoms with van der Waals surface area (Å²) in [5, 5.41) is 12.6. The second-order valence-electron chi connectivity index (χ2n) is 10.2. The molecule has 1 amide bonds. The Morgan fingerprint density at radius 2 is 1.80 bits per heavy atom. The fraction of sp³-hybridized carbons (Fsp3) is 0.700. The number of unbranched alkanes of at least 4 members (excludes halogenated alkanes) is 2. The summed E-state index contributed by atoms with van der Waals surface area (Å²) in [5.41, 5.74) is 0.850. The lowest BCUT2D eigenvalue weighted by atomic mass is 9.94. The maximum absolute atomic E-state index is 13.8. The van der Waals surface area contributed by atoms with Crippen LogP contribution in [0.3, 0.4) is 0 Å². The molecule has 11 nitrogen and oxygen atoms in total. The van der Waals surface area contributed by atoms with Crippen molar-refractivity contribution in [3.8, 4) is 0 Å². The molecule has 5 atom stereocenters. The number of amides is 1. The van der Waals surface area contributed by atoms with Gasteiger partial charge in [0.05, 0.1) is 25.9 Å². The van der Waals surface area contributed by atoms with Crippen molar-refractivity contribution in [1.82, 2.24) is 10.2 Å². The minimum Gasteiger partial charge on any atom is -0.465 e. The number of carbonyl (C=O) groups excluding carboxylic acids is 3. The molecular formula is C30H49N3O8. The van der Waals surface area contributed by atoms with E-state index in [4.69, 9.17) is 9.47 Å². The molecule has 0 spiro atoms. The Morgan fingerprint density at radius 1 is 1.10 bits per heavy atom. The van der Waals surface area contributed by atoms with Crippen LogP contribution in [0.5, 0.6) is 0 Å². The minimum absolute atomic E-state index is 0.000899. The summed E-state index contributed by atoms with van der Waals surface area (Å²) in [4.78, 5) is 55.9. The molecule has 0 aromatic rings. The Labute approximate surface area is 244 Å². The lowest BCUT2D eigenvalue weighted by Crippen LogP contribution is -2.55. The topological polar surface area (TPSA) is 137 Å². The molecule has 0 aromatic heterocycles. The lowest BCUT2D eigenvalue weighted by molar-refractivity contribution is -0.757. The maximum Gasteiger partial charge on any atom is 0.328 e. The van der Waals surface area contributed by atoms with Gasteiger partial charge in [-0.25, -0.2) is 4.79 Å². The summed E-state index contributed by atoms with van der Waals surface area (Å²) in [6.45, 7) is 13.8. The van der Waals surface area contributed by atoms with Crippen molar-refractivity contribution in [2.24, 2.45) is 5.92 Å². The van der Waals surface area contributed by atoms with Crippen molar-refractivity contribution in [3.05, 3.63) is 46.6 Å². The van der Waals surface area contributed by atoms with Crippen LogP contribution in [-0.4, -0.2) is 71.8 Å². The van der Waals surface area contributed by atoms with Crippen molar-refractivity contribution >= 4 is 17.8 Å². The summed E-state index contributed by atoms with van der Waals surface area (Å²) in [7, 11) is 0. The molecule has 1 heterocycles. The average molecular weight is 580 g/mol. The predicted molar refractivity (Wildman–Crippen MR) is 156 cm³/mol. The van der Waals surface area contributed by atoms with Crippen LogP contribution in [0.2, 0.25) is 0 Å². The van der Waals surface area contributed by atoms with E-state index in [9.17, 15) is 24.5 Å². The van der Waals surface area contributed by atoms with E-state index in [2.05, 4.69) is 16.7 Å². The third kappa shape index (κ3) is 12.5. The van der Waals surface area contributed by atoms with E-state index in [1.807, 2.05) is 45.1 Å². The van der Waals surface area contributed by atoms with E-state index < -0.39 is 35.2 Å². The second kappa shape index (κ2) is 19.8. The van der Waals surface area contributed by atoms with Gasteiger partial charge in [-0.1, -0.05) is 56.7 Å². The maximum atomic E-state index is 13.8. The molecular weight excluding hydrogens is 530 g/mol. The molecule has 0 bridgehead atoms. The molecule has 1 fully saturated rings. The highest BCUT2D eigenvalue weighted by Gasteiger charge is 2.47. The van der Waals surface area contributed by atoms with E-state index in [1.54, 1.807) is 18.7 Å². The quantitative estimate of drug-likeness (QED) is 0.0716. The Hall–Kier alpha value is -3.21. The SMILES string of the molecule is C=C(/C=C\C=C/C)CCC(NC(C)C(=O)N1C(C(=O)OCCCCCO[N+](=O)[O-])CC(CC)C1CC)C(=O)OCC. The zero-order valence-corrected chi connectivity index (χ0v) is 25.3. The largest absolute Gasteiger partial charge is 0.465 e. The standard InChI is InChI=1S/C30H49N3O8/c1-7-11-13-16-22(5)17-18-25(29(35)39-10-4)31-23(6)28(34)32-26(9-3)24(8-2)21-27(32)30(36)40-19-14-12-15-20-41-33(37)38/h7,11,13,16,23-27,31H,5,8-10,12,14-15,17-21H2,1-4,6H3/b11-7-,16-13-. The monoisotopic (exact) mass is 579 g/mol. The second-order valence-corrected chi connectivity index (χ2v) is 10.2. The fourth-order valence-electron chi connectivity index (χ4n) is 5.12. The third-order valence-electron chi connectivity index (χ3n) is 7.24. The highest BCUT2D eigenvalue weighted by Crippen LogP contribution is 2.35. The number of nitrogens with zero attached hydrogens (tertiary/aromatic N) is 2. The summed E-state index contributed by atoms with van der Waals surface area (Å²) < 4.78 is 10.8. The molecule has 11 heteroatoms. The lowest BCUT2D eigenvalue weighted by Gasteiger charge is -2.33. The van der Waals surface area contributed by atoms with Crippen LogP contribution >= 0.6 is 0 Å². The Balaban J connectivity index is 2.91. The van der Waals surface area contributed by atoms with Crippen LogP contribution in [0.4, 0.5) is 0 Å². The Morgan fingerprint density at radius 3 is 2.41 bits per heavy atom. The highest BCUT2D eigenvalue weighted by atomic mass is 16.9. The number of ether oxygens (including phenoxy) is 2. The smallest absolute Gasteiger partial charge is 0.328 e. The van der Waals surface area contributed by atoms with Gasteiger partial charge in [-0.15, -0.1) is 10.1 Å². The molecule has 1 saturated heterocycles. The van der Waals surface area contributed by atoms with Gasteiger partial charge >= 0.3 is 11.9 Å².